The zero-order valence-corrected chi connectivity index (χ0v) is 20.2. The highest BCUT2D eigenvalue weighted by Gasteiger charge is 2.30. The number of para-hydroxylation sites is 2. The Morgan fingerprint density at radius 2 is 1.46 bits per heavy atom. The molecule has 0 bridgehead atoms. The Morgan fingerprint density at radius 3 is 2.23 bits per heavy atom. The summed E-state index contributed by atoms with van der Waals surface area (Å²) in [7, 11) is 0. The number of ketones is 1. The first-order chi connectivity index (χ1) is 18.7. The van der Waals surface area contributed by atoms with Crippen LogP contribution in [0, 0.1) is 0 Å². The third-order valence-corrected chi connectivity index (χ3v) is 6.18. The van der Waals surface area contributed by atoms with Crippen molar-refractivity contribution in [2.24, 2.45) is 0 Å². The van der Waals surface area contributed by atoms with Crippen LogP contribution < -0.4 is 10.2 Å². The number of fused-ring (bicyclic) bond motifs is 2. The van der Waals surface area contributed by atoms with Crippen LogP contribution in [0.4, 0.5) is 0 Å². The maximum absolute atomic E-state index is 12.1. The second kappa shape index (κ2) is 10.1. The standard InChI is InChI=1S/C15H10O6.C15H12O3/c16-8-2-4-12-9(6-8)13(19)14(20)15(21-12)7-1-3-10(17)11(18)5-7;16-12-7-3-2-6-11(12)15-13(17)9-10-5-1-4-8-14(10)18-15/h1-6,16-18,20H;1-8,15-16H,9H2. The van der Waals surface area contributed by atoms with Gasteiger partial charge >= 0.3 is 0 Å². The molecule has 0 saturated heterocycles. The maximum atomic E-state index is 12.1. The van der Waals surface area contributed by atoms with Crippen molar-refractivity contribution in [2.45, 2.75) is 12.5 Å². The molecule has 1 aliphatic rings. The van der Waals surface area contributed by atoms with E-state index >= 15 is 0 Å². The summed E-state index contributed by atoms with van der Waals surface area (Å²) in [5, 5.41) is 48.0. The van der Waals surface area contributed by atoms with Gasteiger partial charge in [0.25, 0.3) is 0 Å². The van der Waals surface area contributed by atoms with Crippen LogP contribution in [0.5, 0.6) is 34.5 Å². The van der Waals surface area contributed by atoms with E-state index in [-0.39, 0.29) is 45.3 Å². The average molecular weight is 526 g/mol. The number of hydrogen-bond acceptors (Lipinski definition) is 9. The first-order valence-corrected chi connectivity index (χ1v) is 11.8. The first kappa shape index (κ1) is 25.2. The summed E-state index contributed by atoms with van der Waals surface area (Å²) in [5.41, 5.74) is 1.13. The lowest BCUT2D eigenvalue weighted by atomic mass is 9.96. The van der Waals surface area contributed by atoms with Gasteiger partial charge in [-0.05, 0) is 48.5 Å². The highest BCUT2D eigenvalue weighted by molar-refractivity contribution is 5.89. The lowest BCUT2D eigenvalue weighted by molar-refractivity contribution is -0.126. The average Bonchev–Trinajstić information content (AvgIpc) is 2.93. The van der Waals surface area contributed by atoms with Crippen molar-refractivity contribution in [1.29, 1.82) is 0 Å². The molecule has 0 radical (unpaired) electrons. The topological polar surface area (TPSA) is 158 Å². The summed E-state index contributed by atoms with van der Waals surface area (Å²) in [6, 6.07) is 22.0. The zero-order chi connectivity index (χ0) is 27.7. The second-order valence-corrected chi connectivity index (χ2v) is 8.80. The zero-order valence-electron chi connectivity index (χ0n) is 20.2. The number of aromatic hydroxyl groups is 5. The van der Waals surface area contributed by atoms with Crippen LogP contribution in [0.2, 0.25) is 0 Å². The number of phenols is 4. The molecule has 39 heavy (non-hydrogen) atoms. The van der Waals surface area contributed by atoms with E-state index in [0.29, 0.717) is 17.7 Å². The molecule has 0 saturated carbocycles. The van der Waals surface area contributed by atoms with Gasteiger partial charge in [-0.3, -0.25) is 9.59 Å². The number of Topliss-reactive ketones (excluding diaryl/α,β-unsaturated/α-hetero) is 1. The fourth-order valence-corrected chi connectivity index (χ4v) is 4.22. The number of rotatable bonds is 2. The lowest BCUT2D eigenvalue weighted by Gasteiger charge is -2.25. The minimum Gasteiger partial charge on any atom is -0.508 e. The van der Waals surface area contributed by atoms with Crippen molar-refractivity contribution >= 4 is 16.8 Å². The Kier molecular flexibility index (Phi) is 6.56. The van der Waals surface area contributed by atoms with Crippen molar-refractivity contribution in [2.75, 3.05) is 0 Å². The van der Waals surface area contributed by atoms with E-state index in [2.05, 4.69) is 0 Å². The van der Waals surface area contributed by atoms with Gasteiger partial charge in [0.05, 0.1) is 5.39 Å². The van der Waals surface area contributed by atoms with E-state index in [0.717, 1.165) is 5.56 Å². The predicted octanol–water partition coefficient (Wildman–Crippen LogP) is 4.92. The summed E-state index contributed by atoms with van der Waals surface area (Å²) in [5.74, 6) is -0.849. The number of hydrogen-bond donors (Lipinski definition) is 5. The number of benzene rings is 4. The van der Waals surface area contributed by atoms with Crippen LogP contribution in [0.25, 0.3) is 22.3 Å². The Balaban J connectivity index is 0.000000160. The molecule has 4 aromatic carbocycles. The molecule has 0 fully saturated rings. The van der Waals surface area contributed by atoms with Gasteiger partial charge in [-0.1, -0.05) is 36.4 Å². The first-order valence-electron chi connectivity index (χ1n) is 11.8. The Bertz CT molecular complexity index is 1770. The van der Waals surface area contributed by atoms with Gasteiger partial charge in [-0.15, -0.1) is 0 Å². The van der Waals surface area contributed by atoms with Crippen LogP contribution in [-0.2, 0) is 11.2 Å². The van der Waals surface area contributed by atoms with Crippen LogP contribution in [0.1, 0.15) is 17.2 Å². The Morgan fingerprint density at radius 1 is 0.718 bits per heavy atom. The lowest BCUT2D eigenvalue weighted by Crippen LogP contribution is -2.25. The molecule has 0 aliphatic carbocycles. The third-order valence-electron chi connectivity index (χ3n) is 6.18. The Hall–Kier alpha value is -5.44. The van der Waals surface area contributed by atoms with Gasteiger partial charge in [-0.2, -0.15) is 0 Å². The molecule has 1 aromatic heterocycles. The van der Waals surface area contributed by atoms with E-state index in [1.54, 1.807) is 24.3 Å². The van der Waals surface area contributed by atoms with E-state index in [4.69, 9.17) is 9.15 Å². The number of phenolic OH excluding ortho intramolecular Hbond substituents is 4. The molecule has 0 spiro atoms. The molecule has 2 heterocycles. The van der Waals surface area contributed by atoms with E-state index in [1.165, 1.54) is 36.4 Å². The quantitative estimate of drug-likeness (QED) is 0.201. The van der Waals surface area contributed by atoms with Gasteiger partial charge in [0.1, 0.15) is 22.8 Å². The molecule has 196 valence electrons. The van der Waals surface area contributed by atoms with Crippen molar-refractivity contribution < 1.29 is 39.5 Å². The fourth-order valence-electron chi connectivity index (χ4n) is 4.22. The molecule has 5 aromatic rings. The van der Waals surface area contributed by atoms with Gasteiger partial charge in [0.15, 0.2) is 29.1 Å². The van der Waals surface area contributed by atoms with Crippen LogP contribution >= 0.6 is 0 Å². The van der Waals surface area contributed by atoms with Crippen molar-refractivity contribution in [3.63, 3.8) is 0 Å². The van der Waals surface area contributed by atoms with Gasteiger partial charge in [-0.25, -0.2) is 0 Å². The van der Waals surface area contributed by atoms with Crippen LogP contribution in [-0.4, -0.2) is 31.3 Å². The summed E-state index contributed by atoms with van der Waals surface area (Å²) < 4.78 is 11.2. The predicted molar refractivity (Wildman–Crippen MR) is 141 cm³/mol. The number of carbonyl (C=O) groups excluding carboxylic acids is 1. The van der Waals surface area contributed by atoms with E-state index in [9.17, 15) is 35.1 Å². The molecule has 5 N–H and O–H groups in total. The Labute approximate surface area is 221 Å². The molecule has 1 unspecified atom stereocenters. The van der Waals surface area contributed by atoms with Crippen molar-refractivity contribution in [3.05, 3.63) is 106 Å². The molecule has 6 rings (SSSR count). The summed E-state index contributed by atoms with van der Waals surface area (Å²) in [6.45, 7) is 0. The summed E-state index contributed by atoms with van der Waals surface area (Å²) in [6.07, 6.45) is -0.365. The maximum Gasteiger partial charge on any atom is 0.235 e. The smallest absolute Gasteiger partial charge is 0.235 e. The SMILES string of the molecule is O=C1Cc2ccccc2OC1c1ccccc1O.O=c1c(O)c(-c2ccc(O)c(O)c2)oc2ccc(O)cc12. The third kappa shape index (κ3) is 4.93. The molecule has 9 nitrogen and oxygen atoms in total. The van der Waals surface area contributed by atoms with Gasteiger partial charge < -0.3 is 34.7 Å². The highest BCUT2D eigenvalue weighted by Crippen LogP contribution is 2.37. The van der Waals surface area contributed by atoms with E-state index < -0.39 is 23.0 Å². The fraction of sp³-hybridized carbons (Fsp3) is 0.0667. The van der Waals surface area contributed by atoms with E-state index in [1.807, 2.05) is 24.3 Å². The minimum absolute atomic E-state index is 0.0322. The number of ether oxygens (including phenoxy) is 1. The molecule has 1 aliphatic heterocycles. The normalized spacial score (nSPS) is 14.2. The van der Waals surface area contributed by atoms with Crippen molar-refractivity contribution in [3.8, 4) is 45.8 Å². The van der Waals surface area contributed by atoms with Crippen molar-refractivity contribution in [1.82, 2.24) is 0 Å². The molecule has 0 amide bonds. The highest BCUT2D eigenvalue weighted by atomic mass is 16.5. The van der Waals surface area contributed by atoms with Gasteiger partial charge in [0.2, 0.25) is 11.2 Å². The summed E-state index contributed by atoms with van der Waals surface area (Å²) in [4.78, 5) is 24.2. The monoisotopic (exact) mass is 526 g/mol. The second-order valence-electron chi connectivity index (χ2n) is 8.80. The minimum atomic E-state index is -0.707. The molecular formula is C30H22O9. The molecular weight excluding hydrogens is 504 g/mol. The van der Waals surface area contributed by atoms with Crippen LogP contribution in [0.15, 0.2) is 94.1 Å². The molecule has 9 heteroatoms. The number of carbonyl (C=O) groups is 1. The van der Waals surface area contributed by atoms with Crippen LogP contribution in [0.3, 0.4) is 0 Å². The van der Waals surface area contributed by atoms with Gasteiger partial charge in [0, 0.05) is 23.1 Å². The summed E-state index contributed by atoms with van der Waals surface area (Å²) >= 11 is 0. The molecule has 1 atom stereocenters. The largest absolute Gasteiger partial charge is 0.508 e.